The molecule has 2 N–H and O–H groups in total. The Balaban J connectivity index is 1.40. The highest BCUT2D eigenvalue weighted by molar-refractivity contribution is 5.78. The topological polar surface area (TPSA) is 59.6 Å². The number of ether oxygens (including phenoxy) is 2. The maximum absolute atomic E-state index is 12.2. The van der Waals surface area contributed by atoms with Crippen LogP contribution in [0.5, 0.6) is 11.5 Å². The van der Waals surface area contributed by atoms with Crippen LogP contribution in [0.25, 0.3) is 0 Å². The maximum atomic E-state index is 12.2. The second-order valence-corrected chi connectivity index (χ2v) is 7.76. The van der Waals surface area contributed by atoms with Crippen LogP contribution in [0.15, 0.2) is 18.2 Å². The number of benzene rings is 1. The molecule has 25 heavy (non-hydrogen) atoms. The smallest absolute Gasteiger partial charge is 0.233 e. The molecule has 1 aromatic rings. The lowest BCUT2D eigenvalue weighted by molar-refractivity contribution is -0.120. The third kappa shape index (κ3) is 3.92. The van der Waals surface area contributed by atoms with Crippen molar-refractivity contribution in [2.75, 3.05) is 26.4 Å². The quantitative estimate of drug-likeness (QED) is 0.798. The van der Waals surface area contributed by atoms with Gasteiger partial charge in [-0.05, 0) is 55.8 Å². The summed E-state index contributed by atoms with van der Waals surface area (Å²) in [5.41, 5.74) is 1.29. The molecule has 136 valence electrons. The van der Waals surface area contributed by atoms with Gasteiger partial charge in [-0.15, -0.1) is 0 Å². The molecule has 0 radical (unpaired) electrons. The molecule has 1 heterocycles. The molecule has 0 saturated heterocycles. The van der Waals surface area contributed by atoms with Crippen molar-refractivity contribution >= 4 is 5.91 Å². The predicted octanol–water partition coefficient (Wildman–Crippen LogP) is 2.73. The van der Waals surface area contributed by atoms with E-state index in [1.165, 1.54) is 37.7 Å². The van der Waals surface area contributed by atoms with Crippen LogP contribution in [0.1, 0.15) is 50.5 Å². The fraction of sp³-hybridized carbons (Fsp3) is 0.650. The van der Waals surface area contributed by atoms with E-state index in [-0.39, 0.29) is 11.3 Å². The second kappa shape index (κ2) is 7.24. The normalized spacial score (nSPS) is 21.1. The maximum Gasteiger partial charge on any atom is 0.233 e. The van der Waals surface area contributed by atoms with Crippen molar-refractivity contribution in [2.24, 2.45) is 5.92 Å². The fourth-order valence-electron chi connectivity index (χ4n) is 4.06. The van der Waals surface area contributed by atoms with Gasteiger partial charge in [-0.2, -0.15) is 0 Å². The van der Waals surface area contributed by atoms with E-state index >= 15 is 0 Å². The lowest BCUT2D eigenvalue weighted by atomic mass is 9.69. The van der Waals surface area contributed by atoms with E-state index in [0.29, 0.717) is 19.9 Å². The first-order valence-corrected chi connectivity index (χ1v) is 9.63. The average Bonchev–Trinajstić information content (AvgIpc) is 3.34. The van der Waals surface area contributed by atoms with Gasteiger partial charge < -0.3 is 20.1 Å². The van der Waals surface area contributed by atoms with E-state index in [1.807, 2.05) is 6.07 Å². The SMILES string of the molecule is O=C(CNCC1CC1)NCC1(c2ccc3c(c2)OCO3)CCCCC1. The van der Waals surface area contributed by atoms with Crippen molar-refractivity contribution in [3.8, 4) is 11.5 Å². The molecule has 5 heteroatoms. The van der Waals surface area contributed by atoms with E-state index in [4.69, 9.17) is 9.47 Å². The van der Waals surface area contributed by atoms with Crippen LogP contribution in [0.3, 0.4) is 0 Å². The summed E-state index contributed by atoms with van der Waals surface area (Å²) >= 11 is 0. The molecule has 4 rings (SSSR count). The Morgan fingerprint density at radius 1 is 1.12 bits per heavy atom. The molecule has 2 saturated carbocycles. The van der Waals surface area contributed by atoms with E-state index in [0.717, 1.165) is 36.8 Å². The van der Waals surface area contributed by atoms with Crippen molar-refractivity contribution in [3.05, 3.63) is 23.8 Å². The van der Waals surface area contributed by atoms with E-state index in [9.17, 15) is 4.79 Å². The van der Waals surface area contributed by atoms with Crippen LogP contribution in [0, 0.1) is 5.92 Å². The molecule has 0 unspecified atom stereocenters. The highest BCUT2D eigenvalue weighted by Gasteiger charge is 2.35. The molecule has 0 spiro atoms. The Labute approximate surface area is 149 Å². The minimum absolute atomic E-state index is 0.0192. The largest absolute Gasteiger partial charge is 0.454 e. The number of hydrogen-bond donors (Lipinski definition) is 2. The van der Waals surface area contributed by atoms with E-state index < -0.39 is 0 Å². The number of amides is 1. The number of hydrogen-bond acceptors (Lipinski definition) is 4. The molecule has 1 amide bonds. The van der Waals surface area contributed by atoms with Crippen LogP contribution in [0.2, 0.25) is 0 Å². The van der Waals surface area contributed by atoms with Gasteiger partial charge in [0.1, 0.15) is 0 Å². The Morgan fingerprint density at radius 2 is 1.92 bits per heavy atom. The van der Waals surface area contributed by atoms with Crippen molar-refractivity contribution in [3.63, 3.8) is 0 Å². The van der Waals surface area contributed by atoms with Gasteiger partial charge in [0.2, 0.25) is 12.7 Å². The van der Waals surface area contributed by atoms with Crippen LogP contribution in [-0.2, 0) is 10.2 Å². The number of carbonyl (C=O) groups excluding carboxylic acids is 1. The molecule has 1 aromatic carbocycles. The first kappa shape index (κ1) is 16.7. The monoisotopic (exact) mass is 344 g/mol. The summed E-state index contributed by atoms with van der Waals surface area (Å²) in [6.07, 6.45) is 8.55. The average molecular weight is 344 g/mol. The molecule has 2 aliphatic carbocycles. The molecule has 2 fully saturated rings. The molecule has 3 aliphatic rings. The molecular formula is C20H28N2O3. The van der Waals surface area contributed by atoms with Crippen LogP contribution >= 0.6 is 0 Å². The van der Waals surface area contributed by atoms with Crippen LogP contribution < -0.4 is 20.1 Å². The van der Waals surface area contributed by atoms with Crippen LogP contribution in [-0.4, -0.2) is 32.3 Å². The third-order valence-corrected chi connectivity index (χ3v) is 5.84. The first-order valence-electron chi connectivity index (χ1n) is 9.63. The lowest BCUT2D eigenvalue weighted by Crippen LogP contribution is -2.44. The molecule has 1 aliphatic heterocycles. The Kier molecular flexibility index (Phi) is 4.84. The van der Waals surface area contributed by atoms with Gasteiger partial charge in [0.15, 0.2) is 11.5 Å². The standard InChI is InChI=1S/C20H28N2O3/c23-19(12-21-11-15-4-5-15)22-13-20(8-2-1-3-9-20)16-6-7-17-18(10-16)25-14-24-17/h6-7,10,15,21H,1-5,8-9,11-14H2,(H,22,23). The minimum atomic E-state index is 0.0192. The van der Waals surface area contributed by atoms with Gasteiger partial charge in [0, 0.05) is 12.0 Å². The van der Waals surface area contributed by atoms with Gasteiger partial charge in [-0.25, -0.2) is 0 Å². The van der Waals surface area contributed by atoms with Crippen molar-refractivity contribution < 1.29 is 14.3 Å². The van der Waals surface area contributed by atoms with Crippen molar-refractivity contribution in [1.82, 2.24) is 10.6 Å². The van der Waals surface area contributed by atoms with Crippen LogP contribution in [0.4, 0.5) is 0 Å². The fourth-order valence-corrected chi connectivity index (χ4v) is 4.06. The number of fused-ring (bicyclic) bond motifs is 1. The van der Waals surface area contributed by atoms with Crippen molar-refractivity contribution in [2.45, 2.75) is 50.4 Å². The van der Waals surface area contributed by atoms with Gasteiger partial charge in [-0.3, -0.25) is 4.79 Å². The molecule has 0 bridgehead atoms. The number of rotatable bonds is 7. The predicted molar refractivity (Wildman–Crippen MR) is 95.9 cm³/mol. The van der Waals surface area contributed by atoms with Crippen molar-refractivity contribution in [1.29, 1.82) is 0 Å². The van der Waals surface area contributed by atoms with E-state index in [2.05, 4.69) is 22.8 Å². The zero-order chi connectivity index (χ0) is 17.1. The molecule has 0 atom stereocenters. The second-order valence-electron chi connectivity index (χ2n) is 7.76. The highest BCUT2D eigenvalue weighted by Crippen LogP contribution is 2.43. The summed E-state index contributed by atoms with van der Waals surface area (Å²) in [5, 5.41) is 6.45. The first-order chi connectivity index (χ1) is 12.3. The zero-order valence-electron chi connectivity index (χ0n) is 14.8. The summed E-state index contributed by atoms with van der Waals surface area (Å²) < 4.78 is 11.0. The summed E-state index contributed by atoms with van der Waals surface area (Å²) in [7, 11) is 0. The van der Waals surface area contributed by atoms with E-state index in [1.54, 1.807) is 0 Å². The number of carbonyl (C=O) groups is 1. The summed E-state index contributed by atoms with van der Waals surface area (Å²) in [4.78, 5) is 12.2. The van der Waals surface area contributed by atoms with Gasteiger partial charge >= 0.3 is 0 Å². The van der Waals surface area contributed by atoms with Gasteiger partial charge in [0.05, 0.1) is 6.54 Å². The van der Waals surface area contributed by atoms with Gasteiger partial charge in [0.25, 0.3) is 0 Å². The summed E-state index contributed by atoms with van der Waals surface area (Å²) in [5.74, 6) is 2.56. The molecule has 0 aromatic heterocycles. The summed E-state index contributed by atoms with van der Waals surface area (Å²) in [6, 6.07) is 6.27. The number of nitrogens with one attached hydrogen (secondary N) is 2. The Morgan fingerprint density at radius 3 is 2.72 bits per heavy atom. The zero-order valence-corrected chi connectivity index (χ0v) is 14.8. The van der Waals surface area contributed by atoms with Gasteiger partial charge in [-0.1, -0.05) is 25.3 Å². The molecule has 5 nitrogen and oxygen atoms in total. The third-order valence-electron chi connectivity index (χ3n) is 5.84. The Hall–Kier alpha value is -1.75. The Bertz CT molecular complexity index is 621. The minimum Gasteiger partial charge on any atom is -0.454 e. The molecular weight excluding hydrogens is 316 g/mol. The highest BCUT2D eigenvalue weighted by atomic mass is 16.7. The lowest BCUT2D eigenvalue weighted by Gasteiger charge is -2.38. The summed E-state index contributed by atoms with van der Waals surface area (Å²) in [6.45, 7) is 2.40.